The lowest BCUT2D eigenvalue weighted by atomic mass is 10.1. The first-order valence-electron chi connectivity index (χ1n) is 7.99. The topological polar surface area (TPSA) is 76.7 Å². The maximum atomic E-state index is 12.5. The normalized spacial score (nSPS) is 11.4. The summed E-state index contributed by atoms with van der Waals surface area (Å²) in [6, 6.07) is 10.1. The van der Waals surface area contributed by atoms with Crippen molar-refractivity contribution in [3.8, 4) is 11.5 Å². The molecule has 1 unspecified atom stereocenters. The van der Waals surface area contributed by atoms with Gasteiger partial charge in [-0.25, -0.2) is 0 Å². The molecule has 2 aromatic carbocycles. The molecular weight excluding hydrogens is 356 g/mol. The molecule has 0 heterocycles. The molecule has 6 nitrogen and oxygen atoms in total. The van der Waals surface area contributed by atoms with Crippen LogP contribution < -0.4 is 20.1 Å². The Labute approximate surface area is 157 Å². The van der Waals surface area contributed by atoms with Gasteiger partial charge < -0.3 is 20.1 Å². The number of hydrogen-bond donors (Lipinski definition) is 2. The molecule has 0 aliphatic heterocycles. The highest BCUT2D eigenvalue weighted by Gasteiger charge is 2.19. The van der Waals surface area contributed by atoms with Crippen LogP contribution in [0, 0.1) is 6.92 Å². The van der Waals surface area contributed by atoms with Crippen LogP contribution in [0.2, 0.25) is 5.02 Å². The zero-order chi connectivity index (χ0) is 19.3. The number of carbonyl (C=O) groups excluding carboxylic acids is 2. The second-order valence-electron chi connectivity index (χ2n) is 5.68. The zero-order valence-corrected chi connectivity index (χ0v) is 15.8. The molecule has 1 atom stereocenters. The summed E-state index contributed by atoms with van der Waals surface area (Å²) in [5.74, 6) is 0.209. The van der Waals surface area contributed by atoms with Crippen LogP contribution in [-0.4, -0.2) is 32.1 Å². The Hall–Kier alpha value is -2.73. The first-order valence-corrected chi connectivity index (χ1v) is 8.37. The van der Waals surface area contributed by atoms with Crippen molar-refractivity contribution in [3.63, 3.8) is 0 Å². The van der Waals surface area contributed by atoms with E-state index in [1.54, 1.807) is 37.3 Å². The molecule has 0 radical (unpaired) electrons. The number of halogens is 1. The maximum absolute atomic E-state index is 12.5. The lowest BCUT2D eigenvalue weighted by Gasteiger charge is -2.17. The van der Waals surface area contributed by atoms with Gasteiger partial charge in [0.05, 0.1) is 17.8 Å². The van der Waals surface area contributed by atoms with Gasteiger partial charge in [0.2, 0.25) is 0 Å². The van der Waals surface area contributed by atoms with Crippen molar-refractivity contribution in [1.29, 1.82) is 0 Å². The quantitative estimate of drug-likeness (QED) is 0.809. The number of carbonyl (C=O) groups is 2. The molecule has 0 spiro atoms. The minimum absolute atomic E-state index is 0.265. The van der Waals surface area contributed by atoms with Crippen molar-refractivity contribution in [2.24, 2.45) is 0 Å². The molecule has 26 heavy (non-hydrogen) atoms. The van der Waals surface area contributed by atoms with Gasteiger partial charge in [-0.2, -0.15) is 0 Å². The summed E-state index contributed by atoms with van der Waals surface area (Å²) in [6.07, 6.45) is -0.803. The molecule has 0 saturated heterocycles. The minimum atomic E-state index is -0.803. The van der Waals surface area contributed by atoms with Crippen LogP contribution in [0.1, 0.15) is 22.8 Å². The highest BCUT2D eigenvalue weighted by molar-refractivity contribution is 6.32. The van der Waals surface area contributed by atoms with Gasteiger partial charge in [-0.15, -0.1) is 0 Å². The van der Waals surface area contributed by atoms with Gasteiger partial charge in [-0.05, 0) is 49.7 Å². The Morgan fingerprint density at radius 3 is 2.50 bits per heavy atom. The number of rotatable bonds is 6. The number of benzene rings is 2. The van der Waals surface area contributed by atoms with Crippen LogP contribution in [0.3, 0.4) is 0 Å². The predicted octanol–water partition coefficient (Wildman–Crippen LogP) is 3.42. The molecule has 0 aromatic heterocycles. The van der Waals surface area contributed by atoms with E-state index in [9.17, 15) is 9.59 Å². The molecule has 0 saturated carbocycles. The van der Waals surface area contributed by atoms with Crippen LogP contribution >= 0.6 is 11.6 Å². The minimum Gasteiger partial charge on any atom is -0.495 e. The van der Waals surface area contributed by atoms with Crippen LogP contribution in [0.4, 0.5) is 5.69 Å². The Kier molecular flexibility index (Phi) is 6.46. The second-order valence-corrected chi connectivity index (χ2v) is 6.08. The van der Waals surface area contributed by atoms with E-state index in [-0.39, 0.29) is 5.91 Å². The van der Waals surface area contributed by atoms with E-state index < -0.39 is 12.0 Å². The smallest absolute Gasteiger partial charge is 0.265 e. The number of amides is 2. The van der Waals surface area contributed by atoms with Crippen LogP contribution in [0.5, 0.6) is 11.5 Å². The molecule has 2 rings (SSSR count). The fourth-order valence-corrected chi connectivity index (χ4v) is 2.43. The number of nitrogens with one attached hydrogen (secondary N) is 2. The van der Waals surface area contributed by atoms with Crippen LogP contribution in [0.25, 0.3) is 0 Å². The highest BCUT2D eigenvalue weighted by atomic mass is 35.5. The summed E-state index contributed by atoms with van der Waals surface area (Å²) in [7, 11) is 3.02. The molecule has 0 fully saturated rings. The summed E-state index contributed by atoms with van der Waals surface area (Å²) < 4.78 is 10.9. The number of hydrogen-bond acceptors (Lipinski definition) is 4. The monoisotopic (exact) mass is 376 g/mol. The van der Waals surface area contributed by atoms with Crippen molar-refractivity contribution in [2.75, 3.05) is 19.5 Å². The summed E-state index contributed by atoms with van der Waals surface area (Å²) in [5, 5.41) is 5.68. The predicted molar refractivity (Wildman–Crippen MR) is 101 cm³/mol. The van der Waals surface area contributed by atoms with Gasteiger partial charge >= 0.3 is 0 Å². The SMILES string of the molecule is CNC(=O)c1ccc(OC)c(NC(=O)C(C)Oc2cc(C)ccc2Cl)c1. The molecule has 2 aromatic rings. The summed E-state index contributed by atoms with van der Waals surface area (Å²) in [4.78, 5) is 24.3. The van der Waals surface area contributed by atoms with Gasteiger partial charge in [0.1, 0.15) is 11.5 Å². The number of aryl methyl sites for hydroxylation is 1. The lowest BCUT2D eigenvalue weighted by molar-refractivity contribution is -0.122. The molecule has 2 N–H and O–H groups in total. The van der Waals surface area contributed by atoms with Gasteiger partial charge in [-0.3, -0.25) is 9.59 Å². The van der Waals surface area contributed by atoms with Crippen molar-refractivity contribution in [1.82, 2.24) is 5.32 Å². The third-order valence-electron chi connectivity index (χ3n) is 3.71. The summed E-state index contributed by atoms with van der Waals surface area (Å²) >= 11 is 6.10. The molecule has 0 aliphatic carbocycles. The van der Waals surface area contributed by atoms with Crippen molar-refractivity contribution >= 4 is 29.1 Å². The van der Waals surface area contributed by atoms with E-state index in [0.29, 0.717) is 27.8 Å². The van der Waals surface area contributed by atoms with Crippen molar-refractivity contribution in [3.05, 3.63) is 52.5 Å². The lowest BCUT2D eigenvalue weighted by Crippen LogP contribution is -2.30. The Morgan fingerprint density at radius 1 is 1.12 bits per heavy atom. The Balaban J connectivity index is 2.17. The molecule has 7 heteroatoms. The van der Waals surface area contributed by atoms with Crippen molar-refractivity contribution in [2.45, 2.75) is 20.0 Å². The number of anilines is 1. The molecular formula is C19H21ClN2O4. The standard InChI is InChI=1S/C19H21ClN2O4/c1-11-5-7-14(20)17(9-11)26-12(2)18(23)22-15-10-13(19(24)21-3)6-8-16(15)25-4/h5-10,12H,1-4H3,(H,21,24)(H,22,23). The maximum Gasteiger partial charge on any atom is 0.265 e. The van der Waals surface area contributed by atoms with Crippen LogP contribution in [-0.2, 0) is 4.79 Å². The molecule has 2 amide bonds. The third-order valence-corrected chi connectivity index (χ3v) is 4.02. The zero-order valence-electron chi connectivity index (χ0n) is 15.1. The average Bonchev–Trinajstić information content (AvgIpc) is 2.63. The first-order chi connectivity index (χ1) is 12.3. The highest BCUT2D eigenvalue weighted by Crippen LogP contribution is 2.28. The van der Waals surface area contributed by atoms with Gasteiger partial charge in [0, 0.05) is 12.6 Å². The summed E-state index contributed by atoms with van der Waals surface area (Å²) in [5.41, 5.74) is 1.75. The van der Waals surface area contributed by atoms with Crippen LogP contribution in [0.15, 0.2) is 36.4 Å². The van der Waals surface area contributed by atoms with E-state index in [1.165, 1.54) is 14.2 Å². The second kappa shape index (κ2) is 8.58. The van der Waals surface area contributed by atoms with Gasteiger partial charge in [0.15, 0.2) is 6.10 Å². The number of ether oxygens (including phenoxy) is 2. The largest absolute Gasteiger partial charge is 0.495 e. The van der Waals surface area contributed by atoms with E-state index in [0.717, 1.165) is 5.56 Å². The average molecular weight is 377 g/mol. The fraction of sp³-hybridized carbons (Fsp3) is 0.263. The Morgan fingerprint density at radius 2 is 1.85 bits per heavy atom. The van der Waals surface area contributed by atoms with Gasteiger partial charge in [-0.1, -0.05) is 17.7 Å². The Bertz CT molecular complexity index is 823. The van der Waals surface area contributed by atoms with Gasteiger partial charge in [0.25, 0.3) is 11.8 Å². The van der Waals surface area contributed by atoms with E-state index in [4.69, 9.17) is 21.1 Å². The number of methoxy groups -OCH3 is 1. The molecule has 0 bridgehead atoms. The van der Waals surface area contributed by atoms with E-state index in [1.807, 2.05) is 13.0 Å². The fourth-order valence-electron chi connectivity index (χ4n) is 2.27. The third kappa shape index (κ3) is 4.67. The molecule has 138 valence electrons. The summed E-state index contributed by atoms with van der Waals surface area (Å²) in [6.45, 7) is 3.52. The van der Waals surface area contributed by atoms with E-state index in [2.05, 4.69) is 10.6 Å². The van der Waals surface area contributed by atoms with E-state index >= 15 is 0 Å². The first kappa shape index (κ1) is 19.6. The molecule has 0 aliphatic rings. The van der Waals surface area contributed by atoms with Crippen molar-refractivity contribution < 1.29 is 19.1 Å².